The Morgan fingerprint density at radius 1 is 1.30 bits per heavy atom. The molecule has 2 N–H and O–H groups in total. The van der Waals surface area contributed by atoms with Crippen LogP contribution in [0.4, 0.5) is 0 Å². The van der Waals surface area contributed by atoms with E-state index in [1.165, 1.54) is 24.3 Å². The third-order valence-corrected chi connectivity index (χ3v) is 3.72. The Morgan fingerprint density at radius 2 is 1.85 bits per heavy atom. The van der Waals surface area contributed by atoms with Crippen molar-refractivity contribution in [1.82, 2.24) is 5.32 Å². The third kappa shape index (κ3) is 5.58. The molecule has 0 saturated carbocycles. The molecule has 0 radical (unpaired) electrons. The van der Waals surface area contributed by atoms with Crippen molar-refractivity contribution in [2.45, 2.75) is 12.5 Å². The number of carbonyl (C=O) groups is 2. The molecule has 0 aromatic heterocycles. The molecular formula is C12H14ClNO5S. The summed E-state index contributed by atoms with van der Waals surface area (Å²) in [6, 6.07) is 4.65. The van der Waals surface area contributed by atoms with E-state index in [4.69, 9.17) is 16.7 Å². The number of carboxylic acid groups (broad SMARTS) is 1. The van der Waals surface area contributed by atoms with Gasteiger partial charge in [-0.25, -0.2) is 13.2 Å². The Balaban J connectivity index is 2.73. The van der Waals surface area contributed by atoms with Crippen LogP contribution in [0.1, 0.15) is 16.8 Å². The maximum absolute atomic E-state index is 11.8. The monoisotopic (exact) mass is 319 g/mol. The summed E-state index contributed by atoms with van der Waals surface area (Å²) in [7, 11) is -3.29. The minimum atomic E-state index is -3.29. The van der Waals surface area contributed by atoms with Crippen molar-refractivity contribution in [1.29, 1.82) is 0 Å². The maximum atomic E-state index is 11.8. The SMILES string of the molecule is CS(=O)(=O)CCC(NC(=O)c1ccc(Cl)cc1)C(=O)O. The van der Waals surface area contributed by atoms with Gasteiger partial charge in [0.2, 0.25) is 0 Å². The molecule has 0 saturated heterocycles. The summed E-state index contributed by atoms with van der Waals surface area (Å²) in [5.41, 5.74) is 0.250. The van der Waals surface area contributed by atoms with Crippen molar-refractivity contribution in [3.05, 3.63) is 34.9 Å². The highest BCUT2D eigenvalue weighted by Crippen LogP contribution is 2.10. The summed E-state index contributed by atoms with van der Waals surface area (Å²) in [6.45, 7) is 0. The third-order valence-electron chi connectivity index (χ3n) is 2.49. The second-order valence-electron chi connectivity index (χ2n) is 4.29. The second kappa shape index (κ2) is 6.71. The van der Waals surface area contributed by atoms with E-state index in [0.29, 0.717) is 5.02 Å². The van der Waals surface area contributed by atoms with Gasteiger partial charge >= 0.3 is 5.97 Å². The molecule has 1 aromatic carbocycles. The quantitative estimate of drug-likeness (QED) is 0.813. The molecular weight excluding hydrogens is 306 g/mol. The van der Waals surface area contributed by atoms with Gasteiger partial charge < -0.3 is 10.4 Å². The fourth-order valence-electron chi connectivity index (χ4n) is 1.43. The predicted molar refractivity (Wildman–Crippen MR) is 74.7 cm³/mol. The molecule has 20 heavy (non-hydrogen) atoms. The molecule has 110 valence electrons. The van der Waals surface area contributed by atoms with Gasteiger partial charge in [0.05, 0.1) is 5.75 Å². The van der Waals surface area contributed by atoms with Crippen LogP contribution in [0, 0.1) is 0 Å². The summed E-state index contributed by atoms with van der Waals surface area (Å²) in [5, 5.41) is 11.7. The number of hydrogen-bond donors (Lipinski definition) is 2. The predicted octanol–water partition coefficient (Wildman–Crippen LogP) is 0.958. The largest absolute Gasteiger partial charge is 0.480 e. The minimum Gasteiger partial charge on any atom is -0.480 e. The number of carbonyl (C=O) groups excluding carboxylic acids is 1. The molecule has 0 aliphatic heterocycles. The van der Waals surface area contributed by atoms with E-state index in [2.05, 4.69) is 5.32 Å². The number of nitrogens with one attached hydrogen (secondary N) is 1. The second-order valence-corrected chi connectivity index (χ2v) is 6.99. The first kappa shape index (κ1) is 16.5. The van der Waals surface area contributed by atoms with Crippen LogP contribution >= 0.6 is 11.6 Å². The first-order valence-electron chi connectivity index (χ1n) is 5.66. The number of aliphatic carboxylic acids is 1. The highest BCUT2D eigenvalue weighted by molar-refractivity contribution is 7.90. The van der Waals surface area contributed by atoms with Crippen molar-refractivity contribution >= 4 is 33.3 Å². The fraction of sp³-hybridized carbons (Fsp3) is 0.333. The molecule has 0 heterocycles. The molecule has 0 fully saturated rings. The van der Waals surface area contributed by atoms with Crippen LogP contribution in [0.2, 0.25) is 5.02 Å². The van der Waals surface area contributed by atoms with Gasteiger partial charge in [-0.05, 0) is 30.7 Å². The van der Waals surface area contributed by atoms with Crippen molar-refractivity contribution in [3.8, 4) is 0 Å². The van der Waals surface area contributed by atoms with Gasteiger partial charge in [0, 0.05) is 16.8 Å². The van der Waals surface area contributed by atoms with Crippen LogP contribution in [-0.2, 0) is 14.6 Å². The molecule has 0 aliphatic rings. The van der Waals surface area contributed by atoms with Crippen molar-refractivity contribution in [2.24, 2.45) is 0 Å². The molecule has 1 aromatic rings. The van der Waals surface area contributed by atoms with Crippen LogP contribution in [0.5, 0.6) is 0 Å². The smallest absolute Gasteiger partial charge is 0.326 e. The Bertz CT molecular complexity index is 597. The maximum Gasteiger partial charge on any atom is 0.326 e. The number of amides is 1. The van der Waals surface area contributed by atoms with E-state index in [0.717, 1.165) is 6.26 Å². The zero-order valence-electron chi connectivity index (χ0n) is 10.7. The molecule has 8 heteroatoms. The fourth-order valence-corrected chi connectivity index (χ4v) is 2.22. The van der Waals surface area contributed by atoms with Crippen LogP contribution in [-0.4, -0.2) is 43.5 Å². The summed E-state index contributed by atoms with van der Waals surface area (Å²) in [5.74, 6) is -2.19. The summed E-state index contributed by atoms with van der Waals surface area (Å²) < 4.78 is 22.1. The minimum absolute atomic E-state index is 0.187. The number of carboxylic acids is 1. The highest BCUT2D eigenvalue weighted by atomic mass is 35.5. The van der Waals surface area contributed by atoms with E-state index in [9.17, 15) is 18.0 Å². The van der Waals surface area contributed by atoms with Crippen molar-refractivity contribution in [2.75, 3.05) is 12.0 Å². The zero-order chi connectivity index (χ0) is 15.3. The number of benzene rings is 1. The van der Waals surface area contributed by atoms with Crippen molar-refractivity contribution < 1.29 is 23.1 Å². The van der Waals surface area contributed by atoms with Crippen LogP contribution in [0.3, 0.4) is 0 Å². The average Bonchev–Trinajstić information content (AvgIpc) is 2.33. The van der Waals surface area contributed by atoms with Gasteiger partial charge in [0.1, 0.15) is 15.9 Å². The lowest BCUT2D eigenvalue weighted by Gasteiger charge is -2.14. The van der Waals surface area contributed by atoms with Crippen LogP contribution in [0.15, 0.2) is 24.3 Å². The molecule has 1 amide bonds. The summed E-state index contributed by atoms with van der Waals surface area (Å²) in [6.07, 6.45) is 0.820. The lowest BCUT2D eigenvalue weighted by Crippen LogP contribution is -2.41. The standard InChI is InChI=1S/C12H14ClNO5S/c1-20(18,19)7-6-10(12(16)17)14-11(15)8-2-4-9(13)5-3-8/h2-5,10H,6-7H2,1H3,(H,14,15)(H,16,17). The molecule has 0 spiro atoms. The lowest BCUT2D eigenvalue weighted by molar-refractivity contribution is -0.139. The Kier molecular flexibility index (Phi) is 5.52. The number of hydrogen-bond acceptors (Lipinski definition) is 4. The van der Waals surface area contributed by atoms with E-state index >= 15 is 0 Å². The lowest BCUT2D eigenvalue weighted by atomic mass is 10.1. The van der Waals surface area contributed by atoms with E-state index in [1.54, 1.807) is 0 Å². The Labute approximate surface area is 121 Å². The first-order chi connectivity index (χ1) is 9.19. The highest BCUT2D eigenvalue weighted by Gasteiger charge is 2.22. The molecule has 1 unspecified atom stereocenters. The topological polar surface area (TPSA) is 101 Å². The molecule has 6 nitrogen and oxygen atoms in total. The van der Waals surface area contributed by atoms with Gasteiger partial charge in [-0.3, -0.25) is 4.79 Å². The van der Waals surface area contributed by atoms with Crippen LogP contribution < -0.4 is 5.32 Å². The van der Waals surface area contributed by atoms with Gasteiger partial charge in [0.15, 0.2) is 0 Å². The van der Waals surface area contributed by atoms with Crippen LogP contribution in [0.25, 0.3) is 0 Å². The van der Waals surface area contributed by atoms with E-state index in [-0.39, 0.29) is 17.7 Å². The molecule has 0 aliphatic carbocycles. The molecule has 0 bridgehead atoms. The van der Waals surface area contributed by atoms with E-state index in [1.807, 2.05) is 0 Å². The number of rotatable bonds is 6. The number of halogens is 1. The normalized spacial score (nSPS) is 12.7. The van der Waals surface area contributed by atoms with E-state index < -0.39 is 27.8 Å². The van der Waals surface area contributed by atoms with Gasteiger partial charge in [0.25, 0.3) is 5.91 Å². The van der Waals surface area contributed by atoms with Gasteiger partial charge in [-0.15, -0.1) is 0 Å². The number of sulfone groups is 1. The first-order valence-corrected chi connectivity index (χ1v) is 8.10. The van der Waals surface area contributed by atoms with Gasteiger partial charge in [-0.1, -0.05) is 11.6 Å². The average molecular weight is 320 g/mol. The van der Waals surface area contributed by atoms with Gasteiger partial charge in [-0.2, -0.15) is 0 Å². The summed E-state index contributed by atoms with van der Waals surface area (Å²) in [4.78, 5) is 22.8. The summed E-state index contributed by atoms with van der Waals surface area (Å²) >= 11 is 5.68. The molecule has 1 rings (SSSR count). The Hall–Kier alpha value is -1.60. The molecule has 1 atom stereocenters. The van der Waals surface area contributed by atoms with Crippen molar-refractivity contribution in [3.63, 3.8) is 0 Å². The Morgan fingerprint density at radius 3 is 2.30 bits per heavy atom. The zero-order valence-corrected chi connectivity index (χ0v) is 12.2.